The molecule has 90 valence electrons. The third-order valence-electron chi connectivity index (χ3n) is 3.52. The highest BCUT2D eigenvalue weighted by Crippen LogP contribution is 2.43. The molecule has 0 spiro atoms. The van der Waals surface area contributed by atoms with Crippen LogP contribution in [0, 0.1) is 0 Å². The van der Waals surface area contributed by atoms with Crippen molar-refractivity contribution in [2.24, 2.45) is 0 Å². The molecule has 0 aliphatic heterocycles. The van der Waals surface area contributed by atoms with Crippen LogP contribution >= 0.6 is 0 Å². The largest absolute Gasteiger partial charge is 0.355 e. The van der Waals surface area contributed by atoms with Crippen LogP contribution in [0.3, 0.4) is 0 Å². The molecule has 0 saturated heterocycles. The predicted octanol–water partition coefficient (Wildman–Crippen LogP) is 2.94. The molecule has 0 atom stereocenters. The van der Waals surface area contributed by atoms with Crippen LogP contribution < -0.4 is 5.32 Å². The smallest absolute Gasteiger partial charge is 0.216 e. The van der Waals surface area contributed by atoms with Gasteiger partial charge in [-0.1, -0.05) is 48.5 Å². The Kier molecular flexibility index (Phi) is 2.63. The summed E-state index contributed by atoms with van der Waals surface area (Å²) in [7, 11) is 0. The number of carbonyl (C=O) groups excluding carboxylic acids is 1. The van der Waals surface area contributed by atoms with Gasteiger partial charge >= 0.3 is 0 Å². The molecule has 0 fully saturated rings. The van der Waals surface area contributed by atoms with E-state index >= 15 is 0 Å². The highest BCUT2D eigenvalue weighted by atomic mass is 16.1. The molecule has 1 amide bonds. The Morgan fingerprint density at radius 2 is 1.50 bits per heavy atom. The number of benzene rings is 2. The van der Waals surface area contributed by atoms with Crippen LogP contribution in [0.15, 0.2) is 48.5 Å². The Hall–Kier alpha value is -2.09. The molecule has 1 aliphatic carbocycles. The zero-order chi connectivity index (χ0) is 12.5. The molecule has 2 heteroatoms. The van der Waals surface area contributed by atoms with Crippen molar-refractivity contribution in [3.8, 4) is 11.1 Å². The fourth-order valence-corrected chi connectivity index (χ4v) is 2.73. The number of amides is 1. The second-order valence-electron chi connectivity index (χ2n) is 4.66. The molecule has 0 bridgehead atoms. The maximum Gasteiger partial charge on any atom is 0.216 e. The van der Waals surface area contributed by atoms with E-state index < -0.39 is 0 Å². The van der Waals surface area contributed by atoms with Crippen LogP contribution in [0.1, 0.15) is 24.0 Å². The standard InChI is InChI=1S/C16H15NO/c1-11(18)17-10-16-14-8-4-2-6-12(14)13-7-3-5-9-15(13)16/h2-9,16H,10H2,1H3,(H,17,18). The van der Waals surface area contributed by atoms with Gasteiger partial charge in [0.25, 0.3) is 0 Å². The van der Waals surface area contributed by atoms with Gasteiger partial charge in [-0.15, -0.1) is 0 Å². The van der Waals surface area contributed by atoms with Gasteiger partial charge in [0.1, 0.15) is 0 Å². The third kappa shape index (κ3) is 1.70. The van der Waals surface area contributed by atoms with Gasteiger partial charge in [-0.2, -0.15) is 0 Å². The number of nitrogens with one attached hydrogen (secondary N) is 1. The first-order valence-electron chi connectivity index (χ1n) is 6.20. The highest BCUT2D eigenvalue weighted by Gasteiger charge is 2.27. The van der Waals surface area contributed by atoms with Crippen molar-refractivity contribution in [3.05, 3.63) is 59.7 Å². The molecule has 1 N–H and O–H groups in total. The summed E-state index contributed by atoms with van der Waals surface area (Å²) in [4.78, 5) is 11.1. The zero-order valence-corrected chi connectivity index (χ0v) is 10.3. The molecule has 0 aromatic heterocycles. The first-order chi connectivity index (χ1) is 8.77. The van der Waals surface area contributed by atoms with Gasteiger partial charge < -0.3 is 5.32 Å². The van der Waals surface area contributed by atoms with Crippen LogP contribution in [0.5, 0.6) is 0 Å². The first-order valence-corrected chi connectivity index (χ1v) is 6.20. The van der Waals surface area contributed by atoms with E-state index in [0.29, 0.717) is 6.54 Å². The Balaban J connectivity index is 2.06. The summed E-state index contributed by atoms with van der Waals surface area (Å²) in [6.07, 6.45) is 0. The van der Waals surface area contributed by atoms with Crippen molar-refractivity contribution < 1.29 is 4.79 Å². The van der Waals surface area contributed by atoms with E-state index in [0.717, 1.165) is 0 Å². The summed E-state index contributed by atoms with van der Waals surface area (Å²) in [5.41, 5.74) is 5.21. The third-order valence-corrected chi connectivity index (χ3v) is 3.52. The lowest BCUT2D eigenvalue weighted by Gasteiger charge is -2.13. The number of hydrogen-bond acceptors (Lipinski definition) is 1. The Labute approximate surface area is 107 Å². The maximum atomic E-state index is 11.1. The quantitative estimate of drug-likeness (QED) is 0.855. The number of rotatable bonds is 2. The van der Waals surface area contributed by atoms with Crippen molar-refractivity contribution in [2.75, 3.05) is 6.54 Å². The summed E-state index contributed by atoms with van der Waals surface area (Å²) in [5.74, 6) is 0.304. The van der Waals surface area contributed by atoms with Crippen LogP contribution in [0.4, 0.5) is 0 Å². The second kappa shape index (κ2) is 4.30. The monoisotopic (exact) mass is 237 g/mol. The molecular weight excluding hydrogens is 222 g/mol. The van der Waals surface area contributed by atoms with Crippen molar-refractivity contribution in [2.45, 2.75) is 12.8 Å². The zero-order valence-electron chi connectivity index (χ0n) is 10.3. The molecule has 0 unspecified atom stereocenters. The fourth-order valence-electron chi connectivity index (χ4n) is 2.73. The van der Waals surface area contributed by atoms with Gasteiger partial charge in [0.2, 0.25) is 5.91 Å². The normalized spacial score (nSPS) is 12.9. The first kappa shape index (κ1) is 11.0. The minimum atomic E-state index is 0.0249. The van der Waals surface area contributed by atoms with E-state index in [1.165, 1.54) is 22.3 Å². The van der Waals surface area contributed by atoms with Crippen LogP contribution in [0.2, 0.25) is 0 Å². The number of fused-ring (bicyclic) bond motifs is 3. The Morgan fingerprint density at radius 1 is 1.00 bits per heavy atom. The average molecular weight is 237 g/mol. The van der Waals surface area contributed by atoms with Gasteiger partial charge in [0, 0.05) is 19.4 Å². The van der Waals surface area contributed by atoms with E-state index in [-0.39, 0.29) is 11.8 Å². The lowest BCUT2D eigenvalue weighted by molar-refractivity contribution is -0.118. The molecule has 1 aliphatic rings. The van der Waals surface area contributed by atoms with Crippen molar-refractivity contribution in [1.82, 2.24) is 5.32 Å². The average Bonchev–Trinajstić information content (AvgIpc) is 2.71. The molecule has 18 heavy (non-hydrogen) atoms. The van der Waals surface area contributed by atoms with E-state index in [4.69, 9.17) is 0 Å². The van der Waals surface area contributed by atoms with E-state index in [1.54, 1.807) is 6.92 Å². The fraction of sp³-hybridized carbons (Fsp3) is 0.188. The minimum Gasteiger partial charge on any atom is -0.355 e. The molecule has 0 heterocycles. The van der Waals surface area contributed by atoms with Gasteiger partial charge in [-0.3, -0.25) is 4.79 Å². The number of hydrogen-bond donors (Lipinski definition) is 1. The topological polar surface area (TPSA) is 29.1 Å². The predicted molar refractivity (Wildman–Crippen MR) is 72.4 cm³/mol. The molecule has 2 aromatic rings. The summed E-state index contributed by atoms with van der Waals surface area (Å²) < 4.78 is 0. The molecule has 3 rings (SSSR count). The van der Waals surface area contributed by atoms with E-state index in [9.17, 15) is 4.79 Å². The second-order valence-corrected chi connectivity index (χ2v) is 4.66. The lowest BCUT2D eigenvalue weighted by Crippen LogP contribution is -2.25. The van der Waals surface area contributed by atoms with Gasteiger partial charge in [0.15, 0.2) is 0 Å². The highest BCUT2D eigenvalue weighted by molar-refractivity contribution is 5.79. The molecule has 2 aromatic carbocycles. The Morgan fingerprint density at radius 3 is 2.00 bits per heavy atom. The number of carbonyl (C=O) groups is 1. The molecule has 2 nitrogen and oxygen atoms in total. The van der Waals surface area contributed by atoms with Crippen molar-refractivity contribution in [3.63, 3.8) is 0 Å². The van der Waals surface area contributed by atoms with Gasteiger partial charge in [0.05, 0.1) is 0 Å². The molecule has 0 saturated carbocycles. The van der Waals surface area contributed by atoms with Crippen LogP contribution in [-0.2, 0) is 4.79 Å². The van der Waals surface area contributed by atoms with Crippen LogP contribution in [-0.4, -0.2) is 12.5 Å². The summed E-state index contributed by atoms with van der Waals surface area (Å²) in [5, 5.41) is 2.93. The van der Waals surface area contributed by atoms with Crippen molar-refractivity contribution >= 4 is 5.91 Å². The van der Waals surface area contributed by atoms with E-state index in [2.05, 4.69) is 53.8 Å². The lowest BCUT2D eigenvalue weighted by atomic mass is 9.97. The summed E-state index contributed by atoms with van der Waals surface area (Å²) in [6, 6.07) is 16.9. The van der Waals surface area contributed by atoms with Crippen LogP contribution in [0.25, 0.3) is 11.1 Å². The Bertz CT molecular complexity index is 558. The molecular formula is C16H15NO. The van der Waals surface area contributed by atoms with E-state index in [1.807, 2.05) is 0 Å². The van der Waals surface area contributed by atoms with Crippen molar-refractivity contribution in [1.29, 1.82) is 0 Å². The maximum absolute atomic E-state index is 11.1. The van der Waals surface area contributed by atoms with Gasteiger partial charge in [-0.05, 0) is 22.3 Å². The summed E-state index contributed by atoms with van der Waals surface area (Å²) in [6.45, 7) is 2.23. The minimum absolute atomic E-state index is 0.0249. The summed E-state index contributed by atoms with van der Waals surface area (Å²) >= 11 is 0. The SMILES string of the molecule is CC(=O)NCC1c2ccccc2-c2ccccc21. The van der Waals surface area contributed by atoms with Gasteiger partial charge in [-0.25, -0.2) is 0 Å². The molecule has 0 radical (unpaired) electrons.